The Morgan fingerprint density at radius 3 is 1.92 bits per heavy atom. The second-order valence-corrected chi connectivity index (χ2v) is 2.82. The van der Waals surface area contributed by atoms with Gasteiger partial charge in [-0.15, -0.1) is 0 Å². The van der Waals surface area contributed by atoms with Gasteiger partial charge in [0.2, 0.25) is 12.2 Å². The Morgan fingerprint density at radius 1 is 1.08 bits per heavy atom. The summed E-state index contributed by atoms with van der Waals surface area (Å²) < 4.78 is 5.42. The van der Waals surface area contributed by atoms with Crippen molar-refractivity contribution in [1.29, 1.82) is 0 Å². The van der Waals surface area contributed by atoms with Crippen LogP contribution in [0.15, 0.2) is 9.98 Å². The Labute approximate surface area is 75.5 Å². The topological polar surface area (TPSA) is 68.1 Å². The predicted octanol–water partition coefficient (Wildman–Crippen LogP) is 0.206. The summed E-state index contributed by atoms with van der Waals surface area (Å²) in [5, 5.41) is 0. The molecule has 0 radical (unpaired) electrons. The van der Waals surface area contributed by atoms with Gasteiger partial charge >= 0.3 is 0 Å². The number of isocyanates is 2. The molecule has 70 valence electrons. The van der Waals surface area contributed by atoms with E-state index in [1.807, 2.05) is 0 Å². The summed E-state index contributed by atoms with van der Waals surface area (Å²) in [5.41, 5.74) is 0. The van der Waals surface area contributed by atoms with E-state index < -0.39 is 0 Å². The molecule has 0 spiro atoms. The summed E-state index contributed by atoms with van der Waals surface area (Å²) in [5.74, 6) is 0. The maximum Gasteiger partial charge on any atom is 0.235 e. The standard InChI is InChI=1S/C8H10N2O3/c11-5-9-3-7-1-2-8(13-7)4-10-6-12/h7-8H,1-4H2/t7-,8-/m1/s1. The van der Waals surface area contributed by atoms with Crippen molar-refractivity contribution in [3.05, 3.63) is 0 Å². The molecule has 5 heteroatoms. The number of ether oxygens (including phenoxy) is 1. The highest BCUT2D eigenvalue weighted by Crippen LogP contribution is 2.19. The molecule has 0 unspecified atom stereocenters. The lowest BCUT2D eigenvalue weighted by Crippen LogP contribution is -2.15. The van der Waals surface area contributed by atoms with E-state index in [1.165, 1.54) is 12.2 Å². The highest BCUT2D eigenvalue weighted by molar-refractivity contribution is 5.33. The number of rotatable bonds is 4. The van der Waals surface area contributed by atoms with Gasteiger partial charge in [-0.25, -0.2) is 19.6 Å². The summed E-state index contributed by atoms with van der Waals surface area (Å²) in [4.78, 5) is 26.5. The number of nitrogens with zero attached hydrogens (tertiary/aromatic N) is 2. The number of carbonyl (C=O) groups excluding carboxylic acids is 2. The van der Waals surface area contributed by atoms with Crippen LogP contribution < -0.4 is 0 Å². The van der Waals surface area contributed by atoms with E-state index in [0.29, 0.717) is 13.1 Å². The minimum Gasteiger partial charge on any atom is -0.371 e. The molecular weight excluding hydrogens is 172 g/mol. The molecule has 1 rings (SSSR count). The summed E-state index contributed by atoms with van der Waals surface area (Å²) in [6, 6.07) is 0. The second kappa shape index (κ2) is 5.38. The lowest BCUT2D eigenvalue weighted by molar-refractivity contribution is 0.0560. The first-order chi connectivity index (χ1) is 6.36. The first kappa shape index (κ1) is 9.81. The quantitative estimate of drug-likeness (QED) is 0.461. The monoisotopic (exact) mass is 182 g/mol. The second-order valence-electron chi connectivity index (χ2n) is 2.82. The van der Waals surface area contributed by atoms with Crippen LogP contribution in [-0.2, 0) is 14.3 Å². The van der Waals surface area contributed by atoms with E-state index in [1.54, 1.807) is 0 Å². The van der Waals surface area contributed by atoms with Crippen molar-refractivity contribution in [2.75, 3.05) is 13.1 Å². The van der Waals surface area contributed by atoms with Crippen LogP contribution >= 0.6 is 0 Å². The van der Waals surface area contributed by atoms with Crippen molar-refractivity contribution < 1.29 is 14.3 Å². The van der Waals surface area contributed by atoms with Crippen molar-refractivity contribution in [3.8, 4) is 0 Å². The van der Waals surface area contributed by atoms with Crippen molar-refractivity contribution in [3.63, 3.8) is 0 Å². The van der Waals surface area contributed by atoms with E-state index in [9.17, 15) is 9.59 Å². The molecule has 13 heavy (non-hydrogen) atoms. The highest BCUT2D eigenvalue weighted by atomic mass is 16.5. The van der Waals surface area contributed by atoms with Gasteiger partial charge in [0.25, 0.3) is 0 Å². The molecule has 0 bridgehead atoms. The van der Waals surface area contributed by atoms with Crippen LogP contribution in [0.1, 0.15) is 12.8 Å². The zero-order valence-corrected chi connectivity index (χ0v) is 7.10. The average Bonchev–Trinajstić information content (AvgIpc) is 2.59. The number of aliphatic imine (C=N–C) groups is 2. The molecule has 1 aliphatic heterocycles. The fourth-order valence-corrected chi connectivity index (χ4v) is 1.33. The number of hydrogen-bond donors (Lipinski definition) is 0. The third-order valence-corrected chi connectivity index (χ3v) is 1.91. The van der Waals surface area contributed by atoms with Crippen molar-refractivity contribution in [2.24, 2.45) is 9.98 Å². The minimum atomic E-state index is -0.0201. The molecule has 1 heterocycles. The summed E-state index contributed by atoms with van der Waals surface area (Å²) in [6.07, 6.45) is 4.59. The Bertz CT molecular complexity index is 228. The lowest BCUT2D eigenvalue weighted by atomic mass is 10.2. The number of hydrogen-bond acceptors (Lipinski definition) is 5. The predicted molar refractivity (Wildman–Crippen MR) is 43.9 cm³/mol. The largest absolute Gasteiger partial charge is 0.371 e. The third kappa shape index (κ3) is 3.30. The molecule has 5 nitrogen and oxygen atoms in total. The van der Waals surface area contributed by atoms with Crippen molar-refractivity contribution in [2.45, 2.75) is 25.0 Å². The average molecular weight is 182 g/mol. The molecule has 1 aliphatic rings. The van der Waals surface area contributed by atoms with Crippen LogP contribution in [0.25, 0.3) is 0 Å². The van der Waals surface area contributed by atoms with Gasteiger partial charge in [0.15, 0.2) is 0 Å². The van der Waals surface area contributed by atoms with Gasteiger partial charge in [-0.05, 0) is 12.8 Å². The fourth-order valence-electron chi connectivity index (χ4n) is 1.33. The zero-order valence-electron chi connectivity index (χ0n) is 7.10. The van der Waals surface area contributed by atoms with E-state index in [2.05, 4.69) is 9.98 Å². The maximum absolute atomic E-state index is 9.80. The maximum atomic E-state index is 9.80. The molecule has 2 atom stereocenters. The van der Waals surface area contributed by atoms with Gasteiger partial charge in [0.05, 0.1) is 25.3 Å². The molecule has 0 aliphatic carbocycles. The molecule has 0 aromatic carbocycles. The Balaban J connectivity index is 2.27. The van der Waals surface area contributed by atoms with E-state index in [0.717, 1.165) is 12.8 Å². The lowest BCUT2D eigenvalue weighted by Gasteiger charge is -2.07. The third-order valence-electron chi connectivity index (χ3n) is 1.91. The van der Waals surface area contributed by atoms with Gasteiger partial charge in [0.1, 0.15) is 0 Å². The minimum absolute atomic E-state index is 0.0201. The van der Waals surface area contributed by atoms with Crippen LogP contribution in [0.2, 0.25) is 0 Å². The van der Waals surface area contributed by atoms with Gasteiger partial charge in [-0.3, -0.25) is 0 Å². The van der Waals surface area contributed by atoms with E-state index in [4.69, 9.17) is 4.74 Å². The summed E-state index contributed by atoms with van der Waals surface area (Å²) in [6.45, 7) is 0.704. The molecule has 0 saturated carbocycles. The van der Waals surface area contributed by atoms with Crippen molar-refractivity contribution in [1.82, 2.24) is 0 Å². The first-order valence-electron chi connectivity index (χ1n) is 4.09. The van der Waals surface area contributed by atoms with Crippen LogP contribution in [0.4, 0.5) is 0 Å². The normalized spacial score (nSPS) is 26.2. The van der Waals surface area contributed by atoms with Gasteiger partial charge in [-0.2, -0.15) is 0 Å². The Morgan fingerprint density at radius 2 is 1.54 bits per heavy atom. The van der Waals surface area contributed by atoms with Crippen LogP contribution in [0, 0.1) is 0 Å². The van der Waals surface area contributed by atoms with Crippen LogP contribution in [0.5, 0.6) is 0 Å². The molecule has 1 fully saturated rings. The first-order valence-corrected chi connectivity index (χ1v) is 4.09. The molecule has 0 N–H and O–H groups in total. The van der Waals surface area contributed by atoms with Gasteiger partial charge in [0, 0.05) is 0 Å². The summed E-state index contributed by atoms with van der Waals surface area (Å²) in [7, 11) is 0. The Hall–Kier alpha value is -1.28. The zero-order chi connectivity index (χ0) is 9.52. The van der Waals surface area contributed by atoms with Crippen LogP contribution in [-0.4, -0.2) is 37.5 Å². The summed E-state index contributed by atoms with van der Waals surface area (Å²) >= 11 is 0. The molecule has 0 aromatic rings. The molecule has 0 amide bonds. The molecule has 0 aromatic heterocycles. The molecule has 1 saturated heterocycles. The van der Waals surface area contributed by atoms with Gasteiger partial charge in [-0.1, -0.05) is 0 Å². The fraction of sp³-hybridized carbons (Fsp3) is 0.750. The van der Waals surface area contributed by atoms with Gasteiger partial charge < -0.3 is 4.74 Å². The van der Waals surface area contributed by atoms with E-state index >= 15 is 0 Å². The molecular formula is C8H10N2O3. The van der Waals surface area contributed by atoms with Crippen LogP contribution in [0.3, 0.4) is 0 Å². The van der Waals surface area contributed by atoms with Crippen molar-refractivity contribution >= 4 is 12.2 Å². The smallest absolute Gasteiger partial charge is 0.235 e. The SMILES string of the molecule is O=C=NC[C@H]1CC[C@H](CN=C=O)O1. The van der Waals surface area contributed by atoms with E-state index in [-0.39, 0.29) is 12.2 Å². The Kier molecular flexibility index (Phi) is 4.06. The highest BCUT2D eigenvalue weighted by Gasteiger charge is 2.24.